The molecule has 0 aliphatic rings. The van der Waals surface area contributed by atoms with E-state index in [0.717, 1.165) is 0 Å². The van der Waals surface area contributed by atoms with Gasteiger partial charge in [-0.2, -0.15) is 0 Å². The van der Waals surface area contributed by atoms with Gasteiger partial charge in [-0.3, -0.25) is 4.79 Å². The van der Waals surface area contributed by atoms with E-state index in [-0.39, 0.29) is 5.97 Å². The van der Waals surface area contributed by atoms with Crippen LogP contribution < -0.4 is 0 Å². The topological polar surface area (TPSA) is 46.5 Å². The Bertz CT molecular complexity index is 114. The number of carbonyl (C=O) groups excluding carboxylic acids is 1. The lowest BCUT2D eigenvalue weighted by atomic mass is 10.3. The average molecular weight is 164 g/mol. The van der Waals surface area contributed by atoms with Gasteiger partial charge in [-0.1, -0.05) is 0 Å². The summed E-state index contributed by atoms with van der Waals surface area (Å²) in [5.41, 5.74) is 0. The Morgan fingerprint density at radius 3 is 2.30 bits per heavy atom. The number of aliphatic hydroxyl groups excluding tert-OH is 1. The maximum atomic E-state index is 10.8. The van der Waals surface area contributed by atoms with Gasteiger partial charge in [-0.05, 0) is 13.2 Å². The van der Waals surface area contributed by atoms with Crippen molar-refractivity contribution in [1.82, 2.24) is 0 Å². The van der Waals surface area contributed by atoms with Crippen LogP contribution >= 0.6 is 11.8 Å². The number of esters is 1. The smallest absolute Gasteiger partial charge is 0.321 e. The molecule has 1 N–H and O–H groups in total. The van der Waals surface area contributed by atoms with Crippen molar-refractivity contribution >= 4 is 17.7 Å². The number of carbonyl (C=O) groups is 1. The second kappa shape index (κ2) is 4.57. The van der Waals surface area contributed by atoms with Gasteiger partial charge in [-0.25, -0.2) is 0 Å². The summed E-state index contributed by atoms with van der Waals surface area (Å²) in [4.78, 5) is 10.8. The van der Waals surface area contributed by atoms with Crippen LogP contribution in [0.5, 0.6) is 0 Å². The van der Waals surface area contributed by atoms with Crippen molar-refractivity contribution in [3.63, 3.8) is 0 Å². The first kappa shape index (κ1) is 9.78. The van der Waals surface area contributed by atoms with Gasteiger partial charge in [0.2, 0.25) is 0 Å². The summed E-state index contributed by atoms with van der Waals surface area (Å²) in [6.07, 6.45) is 1.11. The summed E-state index contributed by atoms with van der Waals surface area (Å²) in [5.74, 6) is -0.373. The van der Waals surface area contributed by atoms with Crippen LogP contribution in [0.3, 0.4) is 0 Å². The van der Waals surface area contributed by atoms with E-state index in [4.69, 9.17) is 5.11 Å². The highest BCUT2D eigenvalue weighted by molar-refractivity contribution is 7.99. The molecule has 0 fully saturated rings. The van der Waals surface area contributed by atoms with Gasteiger partial charge in [0.1, 0.15) is 5.25 Å². The summed E-state index contributed by atoms with van der Waals surface area (Å²) < 4.78 is 4.44. The molecule has 0 aromatic carbocycles. The van der Waals surface area contributed by atoms with Crippen LogP contribution in [-0.4, -0.2) is 35.8 Å². The van der Waals surface area contributed by atoms with Gasteiger partial charge < -0.3 is 9.84 Å². The lowest BCUT2D eigenvalue weighted by Gasteiger charge is -2.13. The standard InChI is InChI=1S/C6H12O3S/c1-4(7)5(10-3)6(8)9-2/h4-5,7H,1-3H3/t4-,5+/m1/s1. The fourth-order valence-electron chi connectivity index (χ4n) is 0.606. The fraction of sp³-hybridized carbons (Fsp3) is 0.833. The first-order chi connectivity index (χ1) is 4.63. The normalized spacial score (nSPS) is 16.0. The van der Waals surface area contributed by atoms with Gasteiger partial charge in [-0.15, -0.1) is 11.8 Å². The average Bonchev–Trinajstić information content (AvgIpc) is 1.88. The molecular formula is C6H12O3S. The molecule has 0 amide bonds. The lowest BCUT2D eigenvalue weighted by molar-refractivity contribution is -0.141. The molecule has 0 saturated carbocycles. The quantitative estimate of drug-likeness (QED) is 0.608. The minimum atomic E-state index is -0.651. The molecule has 0 radical (unpaired) electrons. The summed E-state index contributed by atoms with van der Waals surface area (Å²) >= 11 is 1.29. The number of methoxy groups -OCH3 is 1. The van der Waals surface area contributed by atoms with Crippen LogP contribution in [0.1, 0.15) is 6.92 Å². The Morgan fingerprint density at radius 2 is 2.20 bits per heavy atom. The zero-order valence-corrected chi connectivity index (χ0v) is 7.14. The SMILES string of the molecule is COC(=O)[C@@H](SC)[C@@H](C)O. The van der Waals surface area contributed by atoms with E-state index in [0.29, 0.717) is 0 Å². The van der Waals surface area contributed by atoms with Crippen molar-refractivity contribution in [3.8, 4) is 0 Å². The molecule has 2 atom stereocenters. The van der Waals surface area contributed by atoms with E-state index in [1.165, 1.54) is 18.9 Å². The first-order valence-electron chi connectivity index (χ1n) is 2.92. The van der Waals surface area contributed by atoms with Crippen LogP contribution in [0.25, 0.3) is 0 Å². The highest BCUT2D eigenvalue weighted by Gasteiger charge is 2.22. The van der Waals surface area contributed by atoms with Crippen molar-refractivity contribution < 1.29 is 14.6 Å². The molecule has 0 bridgehead atoms. The molecule has 0 aliphatic carbocycles. The van der Waals surface area contributed by atoms with E-state index >= 15 is 0 Å². The molecule has 0 aromatic heterocycles. The number of hydrogen-bond donors (Lipinski definition) is 1. The summed E-state index contributed by atoms with van der Waals surface area (Å²) in [6, 6.07) is 0. The van der Waals surface area contributed by atoms with Crippen molar-refractivity contribution in [2.75, 3.05) is 13.4 Å². The van der Waals surface area contributed by atoms with Gasteiger partial charge >= 0.3 is 5.97 Å². The van der Waals surface area contributed by atoms with Crippen molar-refractivity contribution in [1.29, 1.82) is 0 Å². The molecule has 0 unspecified atom stereocenters. The molecule has 0 heterocycles. The summed E-state index contributed by atoms with van der Waals surface area (Å²) in [7, 11) is 1.31. The molecule has 0 rings (SSSR count). The Balaban J connectivity index is 3.93. The minimum absolute atomic E-state index is 0.373. The minimum Gasteiger partial charge on any atom is -0.468 e. The van der Waals surface area contributed by atoms with Crippen LogP contribution in [0, 0.1) is 0 Å². The molecule has 4 heteroatoms. The van der Waals surface area contributed by atoms with Crippen molar-refractivity contribution in [3.05, 3.63) is 0 Å². The zero-order valence-electron chi connectivity index (χ0n) is 6.33. The maximum Gasteiger partial charge on any atom is 0.321 e. The summed E-state index contributed by atoms with van der Waals surface area (Å²) in [6.45, 7) is 1.57. The third-order valence-corrected chi connectivity index (χ3v) is 2.22. The largest absolute Gasteiger partial charge is 0.468 e. The maximum absolute atomic E-state index is 10.8. The van der Waals surface area contributed by atoms with Crippen molar-refractivity contribution in [2.24, 2.45) is 0 Å². The molecule has 10 heavy (non-hydrogen) atoms. The van der Waals surface area contributed by atoms with E-state index in [2.05, 4.69) is 4.74 Å². The van der Waals surface area contributed by atoms with Gasteiger partial charge in [0.25, 0.3) is 0 Å². The molecule has 0 spiro atoms. The number of rotatable bonds is 3. The van der Waals surface area contributed by atoms with Crippen LogP contribution in [0.2, 0.25) is 0 Å². The molecule has 60 valence electrons. The number of ether oxygens (including phenoxy) is 1. The molecule has 3 nitrogen and oxygen atoms in total. The molecular weight excluding hydrogens is 152 g/mol. The summed E-state index contributed by atoms with van der Waals surface area (Å²) in [5, 5.41) is 8.54. The van der Waals surface area contributed by atoms with E-state index in [1.54, 1.807) is 13.2 Å². The predicted molar refractivity (Wildman–Crippen MR) is 41.0 cm³/mol. The second-order valence-corrected chi connectivity index (χ2v) is 2.90. The van der Waals surface area contributed by atoms with Crippen LogP contribution in [-0.2, 0) is 9.53 Å². The first-order valence-corrected chi connectivity index (χ1v) is 4.21. The highest BCUT2D eigenvalue weighted by atomic mass is 32.2. The highest BCUT2D eigenvalue weighted by Crippen LogP contribution is 2.12. The number of hydrogen-bond acceptors (Lipinski definition) is 4. The van der Waals surface area contributed by atoms with E-state index in [9.17, 15) is 4.79 Å². The number of aliphatic hydroxyl groups is 1. The molecule has 0 saturated heterocycles. The predicted octanol–water partition coefficient (Wildman–Crippen LogP) is 0.272. The third-order valence-electron chi connectivity index (χ3n) is 1.13. The Labute approximate surface area is 64.8 Å². The molecule has 0 aliphatic heterocycles. The lowest BCUT2D eigenvalue weighted by Crippen LogP contribution is -2.29. The Kier molecular flexibility index (Phi) is 4.47. The zero-order chi connectivity index (χ0) is 8.15. The van der Waals surface area contributed by atoms with Crippen LogP contribution in [0.15, 0.2) is 0 Å². The number of thioether (sulfide) groups is 1. The monoisotopic (exact) mass is 164 g/mol. The third kappa shape index (κ3) is 2.58. The fourth-order valence-corrected chi connectivity index (χ4v) is 1.29. The van der Waals surface area contributed by atoms with E-state index in [1.807, 2.05) is 0 Å². The van der Waals surface area contributed by atoms with Gasteiger partial charge in [0.15, 0.2) is 0 Å². The van der Waals surface area contributed by atoms with Gasteiger partial charge in [0.05, 0.1) is 13.2 Å². The van der Waals surface area contributed by atoms with Crippen molar-refractivity contribution in [2.45, 2.75) is 18.3 Å². The Morgan fingerprint density at radius 1 is 1.70 bits per heavy atom. The van der Waals surface area contributed by atoms with Crippen LogP contribution in [0.4, 0.5) is 0 Å². The van der Waals surface area contributed by atoms with E-state index < -0.39 is 11.4 Å². The van der Waals surface area contributed by atoms with Gasteiger partial charge in [0, 0.05) is 0 Å². The second-order valence-electron chi connectivity index (χ2n) is 1.92. The Hall–Kier alpha value is -0.220. The molecule has 0 aromatic rings.